The lowest BCUT2D eigenvalue weighted by Crippen LogP contribution is -2.42. The molecule has 1 unspecified atom stereocenters. The van der Waals surface area contributed by atoms with Crippen LogP contribution in [0.1, 0.15) is 52.0 Å². The third-order valence-electron chi connectivity index (χ3n) is 4.41. The summed E-state index contributed by atoms with van der Waals surface area (Å²) in [5.41, 5.74) is 5.68. The van der Waals surface area contributed by atoms with E-state index in [1.165, 1.54) is 12.1 Å². The van der Waals surface area contributed by atoms with Gasteiger partial charge in [-0.15, -0.1) is 6.58 Å². The van der Waals surface area contributed by atoms with Gasteiger partial charge in [0.2, 0.25) is 5.96 Å². The van der Waals surface area contributed by atoms with E-state index in [9.17, 15) is 18.0 Å². The van der Waals surface area contributed by atoms with Gasteiger partial charge in [0.15, 0.2) is 0 Å². The van der Waals surface area contributed by atoms with Crippen molar-refractivity contribution in [2.45, 2.75) is 63.9 Å². The third kappa shape index (κ3) is 8.16. The molecular formula is C22H33N3O5S. The number of carbonyl (C=O) groups excluding carboxylic acids is 2. The molecule has 0 fully saturated rings. The molecule has 0 aliphatic rings. The van der Waals surface area contributed by atoms with Crippen molar-refractivity contribution in [3.63, 3.8) is 0 Å². The molecule has 1 aromatic rings. The topological polar surface area (TPSA) is 131 Å². The van der Waals surface area contributed by atoms with Crippen molar-refractivity contribution in [1.82, 2.24) is 4.31 Å². The maximum Gasteiger partial charge on any atom is 0.316 e. The number of guanidine groups is 1. The number of nitrogens with one attached hydrogen (secondary N) is 1. The smallest absolute Gasteiger partial charge is 0.316 e. The molecule has 1 aromatic carbocycles. The van der Waals surface area contributed by atoms with Gasteiger partial charge in [0.05, 0.1) is 4.90 Å². The minimum absolute atomic E-state index is 0.0130. The minimum Gasteiger partial charge on any atom is -0.459 e. The van der Waals surface area contributed by atoms with Gasteiger partial charge in [-0.1, -0.05) is 23.8 Å². The second-order valence-electron chi connectivity index (χ2n) is 8.30. The molecule has 172 valence electrons. The summed E-state index contributed by atoms with van der Waals surface area (Å²) in [5, 5.41) is 7.72. The highest BCUT2D eigenvalue weighted by molar-refractivity contribution is 7.89. The fourth-order valence-corrected chi connectivity index (χ4v) is 4.21. The maximum absolute atomic E-state index is 12.9. The first-order valence-electron chi connectivity index (χ1n) is 10.1. The van der Waals surface area contributed by atoms with Crippen LogP contribution < -0.4 is 5.73 Å². The van der Waals surface area contributed by atoms with Crippen LogP contribution in [0.3, 0.4) is 0 Å². The fraction of sp³-hybridized carbons (Fsp3) is 0.500. The van der Waals surface area contributed by atoms with Crippen LogP contribution in [-0.4, -0.2) is 42.6 Å². The standard InChI is InChI=1S/C22H33N3O5S/c1-6-7-10-19(26)18(20(27)30-22(3,4)5)9-8-15-25(21(23)24)31(28,29)17-13-11-16(2)12-14-17/h6,11-14,18H,1,7-10,15H2,2-5H3,(H3,23,24). The first kappa shape index (κ1) is 26.4. The van der Waals surface area contributed by atoms with E-state index in [2.05, 4.69) is 6.58 Å². The Morgan fingerprint density at radius 1 is 1.26 bits per heavy atom. The van der Waals surface area contributed by atoms with E-state index >= 15 is 0 Å². The van der Waals surface area contributed by atoms with Crippen LogP contribution >= 0.6 is 0 Å². The number of ether oxygens (including phenoxy) is 1. The highest BCUT2D eigenvalue weighted by Crippen LogP contribution is 2.21. The van der Waals surface area contributed by atoms with E-state index in [1.807, 2.05) is 6.92 Å². The fourth-order valence-electron chi connectivity index (χ4n) is 2.85. The molecular weight excluding hydrogens is 418 g/mol. The Morgan fingerprint density at radius 3 is 2.32 bits per heavy atom. The molecule has 0 saturated carbocycles. The molecule has 1 atom stereocenters. The zero-order valence-electron chi connectivity index (χ0n) is 18.7. The van der Waals surface area contributed by atoms with E-state index in [0.717, 1.165) is 9.87 Å². The van der Waals surface area contributed by atoms with Gasteiger partial charge in [-0.2, -0.15) is 0 Å². The van der Waals surface area contributed by atoms with Crippen molar-refractivity contribution in [1.29, 1.82) is 5.41 Å². The molecule has 0 aromatic heterocycles. The summed E-state index contributed by atoms with van der Waals surface area (Å²) in [6.45, 7) is 10.4. The number of rotatable bonds is 11. The van der Waals surface area contributed by atoms with Crippen LogP contribution in [0.15, 0.2) is 41.8 Å². The predicted molar refractivity (Wildman–Crippen MR) is 120 cm³/mol. The summed E-state index contributed by atoms with van der Waals surface area (Å²) in [7, 11) is -4.03. The van der Waals surface area contributed by atoms with Gasteiger partial charge in [0.25, 0.3) is 10.0 Å². The molecule has 0 bridgehead atoms. The van der Waals surface area contributed by atoms with Gasteiger partial charge in [0, 0.05) is 13.0 Å². The van der Waals surface area contributed by atoms with Crippen molar-refractivity contribution >= 4 is 27.7 Å². The number of nitrogens with zero attached hydrogens (tertiary/aromatic N) is 1. The first-order valence-corrected chi connectivity index (χ1v) is 11.5. The lowest BCUT2D eigenvalue weighted by Gasteiger charge is -2.25. The lowest BCUT2D eigenvalue weighted by atomic mass is 9.95. The van der Waals surface area contributed by atoms with Crippen LogP contribution in [0.5, 0.6) is 0 Å². The Balaban J connectivity index is 2.97. The first-order chi connectivity index (χ1) is 14.3. The van der Waals surface area contributed by atoms with Crippen LogP contribution in [0, 0.1) is 18.3 Å². The number of hydrogen-bond acceptors (Lipinski definition) is 6. The largest absolute Gasteiger partial charge is 0.459 e. The predicted octanol–water partition coefficient (Wildman–Crippen LogP) is 3.15. The molecule has 3 N–H and O–H groups in total. The molecule has 0 aliphatic carbocycles. The normalized spacial score (nSPS) is 12.6. The van der Waals surface area contributed by atoms with Gasteiger partial charge in [-0.25, -0.2) is 12.7 Å². The molecule has 0 radical (unpaired) electrons. The Labute approximate surface area is 185 Å². The second kappa shape index (κ2) is 11.1. The molecule has 0 heterocycles. The Kier molecular flexibility index (Phi) is 9.42. The zero-order chi connectivity index (χ0) is 23.8. The van der Waals surface area contributed by atoms with Crippen LogP contribution in [0.25, 0.3) is 0 Å². The van der Waals surface area contributed by atoms with Gasteiger partial charge < -0.3 is 10.5 Å². The monoisotopic (exact) mass is 451 g/mol. The average Bonchev–Trinajstić information content (AvgIpc) is 2.64. The quantitative estimate of drug-likeness (QED) is 0.175. The van der Waals surface area contributed by atoms with Crippen molar-refractivity contribution in [2.75, 3.05) is 6.54 Å². The minimum atomic E-state index is -4.03. The number of nitrogens with two attached hydrogens (primary N) is 1. The van der Waals surface area contributed by atoms with E-state index in [4.69, 9.17) is 15.9 Å². The molecule has 0 spiro atoms. The molecule has 9 heteroatoms. The zero-order valence-corrected chi connectivity index (χ0v) is 19.5. The summed E-state index contributed by atoms with van der Waals surface area (Å²) in [6, 6.07) is 6.20. The van der Waals surface area contributed by atoms with Crippen molar-refractivity contribution < 1.29 is 22.7 Å². The summed E-state index contributed by atoms with van der Waals surface area (Å²) in [6.07, 6.45) is 2.40. The third-order valence-corrected chi connectivity index (χ3v) is 6.23. The highest BCUT2D eigenvalue weighted by Gasteiger charge is 2.31. The number of esters is 1. The van der Waals surface area contributed by atoms with E-state index in [-0.39, 0.29) is 36.5 Å². The summed E-state index contributed by atoms with van der Waals surface area (Å²) < 4.78 is 31.9. The number of aryl methyl sites for hydroxylation is 1. The van der Waals surface area contributed by atoms with E-state index in [1.54, 1.807) is 39.0 Å². The summed E-state index contributed by atoms with van der Waals surface area (Å²) in [4.78, 5) is 25.1. The number of Topliss-reactive ketones (excluding diaryl/α,β-unsaturated/α-hetero) is 1. The maximum atomic E-state index is 12.9. The van der Waals surface area contributed by atoms with Gasteiger partial charge in [-0.05, 0) is 59.1 Å². The number of hydrogen-bond donors (Lipinski definition) is 2. The molecule has 31 heavy (non-hydrogen) atoms. The van der Waals surface area contributed by atoms with Crippen molar-refractivity contribution in [3.05, 3.63) is 42.5 Å². The van der Waals surface area contributed by atoms with Crippen LogP contribution in [-0.2, 0) is 24.3 Å². The number of sulfonamides is 1. The second-order valence-corrected chi connectivity index (χ2v) is 10.2. The lowest BCUT2D eigenvalue weighted by molar-refractivity contribution is -0.162. The molecule has 0 amide bonds. The van der Waals surface area contributed by atoms with Crippen LogP contribution in [0.4, 0.5) is 0 Å². The Bertz CT molecular complexity index is 902. The molecule has 0 saturated heterocycles. The van der Waals surface area contributed by atoms with E-state index < -0.39 is 33.5 Å². The number of allylic oxidation sites excluding steroid dienone is 1. The Morgan fingerprint density at radius 2 is 1.84 bits per heavy atom. The number of ketones is 1. The Hall–Kier alpha value is -2.68. The number of benzene rings is 1. The van der Waals surface area contributed by atoms with Gasteiger partial charge >= 0.3 is 5.97 Å². The van der Waals surface area contributed by atoms with Gasteiger partial charge in [-0.3, -0.25) is 15.0 Å². The van der Waals surface area contributed by atoms with Crippen molar-refractivity contribution in [2.24, 2.45) is 11.7 Å². The molecule has 1 rings (SSSR count). The highest BCUT2D eigenvalue weighted by atomic mass is 32.2. The van der Waals surface area contributed by atoms with E-state index in [0.29, 0.717) is 6.42 Å². The average molecular weight is 452 g/mol. The molecule has 8 nitrogen and oxygen atoms in total. The van der Waals surface area contributed by atoms with Gasteiger partial charge in [0.1, 0.15) is 17.3 Å². The summed E-state index contributed by atoms with van der Waals surface area (Å²) in [5.74, 6) is -2.58. The summed E-state index contributed by atoms with van der Waals surface area (Å²) >= 11 is 0. The number of carbonyl (C=O) groups is 2. The van der Waals surface area contributed by atoms with Crippen LogP contribution in [0.2, 0.25) is 0 Å². The van der Waals surface area contributed by atoms with Crippen molar-refractivity contribution in [3.8, 4) is 0 Å². The SMILES string of the molecule is C=CCCC(=O)C(CCCN(C(=N)N)S(=O)(=O)c1ccc(C)cc1)C(=O)OC(C)(C)C. The molecule has 0 aliphatic heterocycles.